The molecule has 19 heavy (non-hydrogen) atoms. The third kappa shape index (κ3) is 5.38. The Morgan fingerprint density at radius 1 is 1.58 bits per heavy atom. The summed E-state index contributed by atoms with van der Waals surface area (Å²) in [6.07, 6.45) is 0. The lowest BCUT2D eigenvalue weighted by molar-refractivity contribution is 0.179. The molecule has 0 aliphatic rings. The Bertz CT molecular complexity index is 466. The number of hydrazine groups is 1. The van der Waals surface area contributed by atoms with Gasteiger partial charge in [0.25, 0.3) is 0 Å². The van der Waals surface area contributed by atoms with Crippen LogP contribution in [0.3, 0.4) is 0 Å². The van der Waals surface area contributed by atoms with Crippen molar-refractivity contribution in [2.45, 2.75) is 19.5 Å². The molecule has 1 aromatic rings. The van der Waals surface area contributed by atoms with E-state index in [0.717, 1.165) is 5.56 Å². The lowest BCUT2D eigenvalue weighted by Crippen LogP contribution is -2.46. The molecule has 0 saturated heterocycles. The highest BCUT2D eigenvalue weighted by atomic mass is 16.5. The van der Waals surface area contributed by atoms with Gasteiger partial charge in [-0.05, 0) is 24.6 Å². The molecule has 0 spiro atoms. The van der Waals surface area contributed by atoms with E-state index in [1.54, 1.807) is 19.2 Å². The van der Waals surface area contributed by atoms with Crippen LogP contribution >= 0.6 is 0 Å². The standard InChI is InChI=1S/C13H19N5O/c1-10(9-19-2)17-13(18-15)16-8-12-5-3-4-11(6-12)7-14/h3-6,10H,8-9,15H2,1-2H3,(H2,16,17,18). The van der Waals surface area contributed by atoms with Crippen molar-refractivity contribution in [3.05, 3.63) is 35.4 Å². The van der Waals surface area contributed by atoms with Crippen LogP contribution in [0, 0.1) is 11.3 Å². The number of nitrogens with two attached hydrogens (primary N) is 1. The zero-order chi connectivity index (χ0) is 14.1. The average Bonchev–Trinajstić information content (AvgIpc) is 2.44. The number of nitriles is 1. The maximum Gasteiger partial charge on any atom is 0.206 e. The fraction of sp³-hybridized carbons (Fsp3) is 0.385. The minimum Gasteiger partial charge on any atom is -0.383 e. The summed E-state index contributed by atoms with van der Waals surface area (Å²) in [6, 6.07) is 9.51. The topological polar surface area (TPSA) is 95.5 Å². The number of methoxy groups -OCH3 is 1. The number of benzene rings is 1. The Morgan fingerprint density at radius 3 is 3.00 bits per heavy atom. The second-order valence-corrected chi connectivity index (χ2v) is 4.12. The van der Waals surface area contributed by atoms with Crippen LogP contribution in [-0.4, -0.2) is 25.7 Å². The largest absolute Gasteiger partial charge is 0.383 e. The van der Waals surface area contributed by atoms with Crippen LogP contribution in [0.2, 0.25) is 0 Å². The molecule has 1 unspecified atom stereocenters. The van der Waals surface area contributed by atoms with Gasteiger partial charge in [-0.2, -0.15) is 5.26 Å². The van der Waals surface area contributed by atoms with Gasteiger partial charge in [0.15, 0.2) is 0 Å². The van der Waals surface area contributed by atoms with Gasteiger partial charge >= 0.3 is 0 Å². The van der Waals surface area contributed by atoms with Gasteiger partial charge in [0.2, 0.25) is 5.96 Å². The summed E-state index contributed by atoms with van der Waals surface area (Å²) < 4.78 is 5.02. The highest BCUT2D eigenvalue weighted by Crippen LogP contribution is 2.05. The maximum absolute atomic E-state index is 8.82. The highest BCUT2D eigenvalue weighted by Gasteiger charge is 2.03. The van der Waals surface area contributed by atoms with Gasteiger partial charge in [0, 0.05) is 13.2 Å². The van der Waals surface area contributed by atoms with Crippen molar-refractivity contribution in [1.82, 2.24) is 10.7 Å². The minimum absolute atomic E-state index is 0.102. The third-order valence-electron chi connectivity index (χ3n) is 2.41. The zero-order valence-electron chi connectivity index (χ0n) is 11.2. The summed E-state index contributed by atoms with van der Waals surface area (Å²) in [6.45, 7) is 2.97. The molecule has 0 saturated carbocycles. The molecular weight excluding hydrogens is 242 g/mol. The van der Waals surface area contributed by atoms with Gasteiger partial charge < -0.3 is 10.1 Å². The molecule has 4 N–H and O–H groups in total. The van der Waals surface area contributed by atoms with Crippen LogP contribution in [0.25, 0.3) is 0 Å². The number of ether oxygens (including phenoxy) is 1. The average molecular weight is 261 g/mol. The second kappa shape index (κ2) is 8.08. The Labute approximate surface area is 113 Å². The predicted molar refractivity (Wildman–Crippen MR) is 74.1 cm³/mol. The van der Waals surface area contributed by atoms with E-state index in [2.05, 4.69) is 21.8 Å². The van der Waals surface area contributed by atoms with E-state index >= 15 is 0 Å². The number of nitrogens with one attached hydrogen (secondary N) is 2. The summed E-state index contributed by atoms with van der Waals surface area (Å²) in [7, 11) is 1.64. The number of hydrogen-bond acceptors (Lipinski definition) is 4. The van der Waals surface area contributed by atoms with Crippen molar-refractivity contribution in [2.24, 2.45) is 10.8 Å². The molecule has 0 aliphatic carbocycles. The Morgan fingerprint density at radius 2 is 2.37 bits per heavy atom. The van der Waals surface area contributed by atoms with Crippen molar-refractivity contribution in [3.8, 4) is 6.07 Å². The van der Waals surface area contributed by atoms with E-state index < -0.39 is 0 Å². The first kappa shape index (κ1) is 15.0. The van der Waals surface area contributed by atoms with Crippen molar-refractivity contribution < 1.29 is 4.74 Å². The summed E-state index contributed by atoms with van der Waals surface area (Å²) >= 11 is 0. The molecule has 0 radical (unpaired) electrons. The van der Waals surface area contributed by atoms with Gasteiger partial charge in [-0.3, -0.25) is 5.43 Å². The van der Waals surface area contributed by atoms with Crippen molar-refractivity contribution >= 4 is 5.96 Å². The molecule has 6 heteroatoms. The number of nitrogens with zero attached hydrogens (tertiary/aromatic N) is 2. The normalized spacial score (nSPS) is 12.6. The van der Waals surface area contributed by atoms with Crippen LogP contribution in [0.1, 0.15) is 18.1 Å². The first-order chi connectivity index (χ1) is 9.19. The quantitative estimate of drug-likeness (QED) is 0.310. The zero-order valence-corrected chi connectivity index (χ0v) is 11.2. The number of hydrogen-bond donors (Lipinski definition) is 3. The maximum atomic E-state index is 8.82. The number of aliphatic imine (C=N–C) groups is 1. The smallest absolute Gasteiger partial charge is 0.206 e. The molecular formula is C13H19N5O. The Kier molecular flexibility index (Phi) is 6.36. The summed E-state index contributed by atoms with van der Waals surface area (Å²) in [4.78, 5) is 4.31. The summed E-state index contributed by atoms with van der Waals surface area (Å²) in [5, 5.41) is 11.9. The Hall–Kier alpha value is -2.10. The molecule has 1 rings (SSSR count). The Balaban J connectivity index is 2.63. The van der Waals surface area contributed by atoms with Crippen molar-refractivity contribution in [2.75, 3.05) is 13.7 Å². The van der Waals surface area contributed by atoms with Gasteiger partial charge in [0.05, 0.1) is 24.8 Å². The van der Waals surface area contributed by atoms with Gasteiger partial charge in [0.1, 0.15) is 0 Å². The van der Waals surface area contributed by atoms with Crippen molar-refractivity contribution in [3.63, 3.8) is 0 Å². The lowest BCUT2D eigenvalue weighted by Gasteiger charge is -2.15. The van der Waals surface area contributed by atoms with E-state index in [1.165, 1.54) is 0 Å². The van der Waals surface area contributed by atoms with Gasteiger partial charge in [-0.15, -0.1) is 0 Å². The first-order valence-electron chi connectivity index (χ1n) is 5.95. The molecule has 0 aromatic heterocycles. The molecule has 0 heterocycles. The fourth-order valence-electron chi connectivity index (χ4n) is 1.57. The number of guanidine groups is 1. The van der Waals surface area contributed by atoms with Crippen LogP contribution in [0.5, 0.6) is 0 Å². The van der Waals surface area contributed by atoms with E-state index in [-0.39, 0.29) is 6.04 Å². The molecule has 0 amide bonds. The SMILES string of the molecule is COCC(C)NC(=NCc1cccc(C#N)c1)NN. The molecule has 0 fully saturated rings. The molecule has 0 bridgehead atoms. The van der Waals surface area contributed by atoms with Crippen LogP contribution < -0.4 is 16.6 Å². The summed E-state index contributed by atoms with van der Waals surface area (Å²) in [5.41, 5.74) is 4.08. The predicted octanol–water partition coefficient (Wildman–Crippen LogP) is 0.502. The molecule has 6 nitrogen and oxygen atoms in total. The monoisotopic (exact) mass is 261 g/mol. The highest BCUT2D eigenvalue weighted by molar-refractivity contribution is 5.79. The number of rotatable bonds is 5. The van der Waals surface area contributed by atoms with E-state index in [0.29, 0.717) is 24.7 Å². The van der Waals surface area contributed by atoms with Crippen molar-refractivity contribution in [1.29, 1.82) is 5.26 Å². The van der Waals surface area contributed by atoms with E-state index in [9.17, 15) is 0 Å². The van der Waals surface area contributed by atoms with Crippen LogP contribution in [0.15, 0.2) is 29.3 Å². The lowest BCUT2D eigenvalue weighted by atomic mass is 10.1. The third-order valence-corrected chi connectivity index (χ3v) is 2.41. The summed E-state index contributed by atoms with van der Waals surface area (Å²) in [5.74, 6) is 5.89. The fourth-order valence-corrected chi connectivity index (χ4v) is 1.57. The van der Waals surface area contributed by atoms with Crippen LogP contribution in [0.4, 0.5) is 0 Å². The first-order valence-corrected chi connectivity index (χ1v) is 5.95. The molecule has 0 aliphatic heterocycles. The molecule has 102 valence electrons. The van der Waals surface area contributed by atoms with Gasteiger partial charge in [-0.1, -0.05) is 12.1 Å². The molecule has 1 atom stereocenters. The van der Waals surface area contributed by atoms with Crippen LogP contribution in [-0.2, 0) is 11.3 Å². The second-order valence-electron chi connectivity index (χ2n) is 4.12. The van der Waals surface area contributed by atoms with E-state index in [4.69, 9.17) is 15.8 Å². The minimum atomic E-state index is 0.102. The van der Waals surface area contributed by atoms with E-state index in [1.807, 2.05) is 19.1 Å². The molecule has 1 aromatic carbocycles. The van der Waals surface area contributed by atoms with Gasteiger partial charge in [-0.25, -0.2) is 10.8 Å².